The first-order chi connectivity index (χ1) is 5.34. The van der Waals surface area contributed by atoms with Gasteiger partial charge in [0.25, 0.3) is 0 Å². The largest absolute Gasteiger partial charge is 0.356 e. The maximum atomic E-state index is 11.2. The monoisotopic (exact) mass is 155 g/mol. The van der Waals surface area contributed by atoms with Gasteiger partial charge in [-0.15, -0.1) is 0 Å². The lowest BCUT2D eigenvalue weighted by atomic mass is 9.93. The maximum Gasteiger partial charge on any atom is 0.223 e. The molecule has 2 heteroatoms. The molecule has 1 heterocycles. The van der Waals surface area contributed by atoms with E-state index in [-0.39, 0.29) is 5.91 Å². The third-order valence-corrected chi connectivity index (χ3v) is 2.31. The quantitative estimate of drug-likeness (QED) is 0.660. The van der Waals surface area contributed by atoms with Crippen molar-refractivity contribution in [2.75, 3.05) is 6.54 Å². The Labute approximate surface area is 68.4 Å². The second-order valence-electron chi connectivity index (χ2n) is 3.27. The number of piperidine rings is 1. The normalized spacial score (nSPS) is 24.8. The van der Waals surface area contributed by atoms with Crippen molar-refractivity contribution in [3.63, 3.8) is 0 Å². The molecule has 1 unspecified atom stereocenters. The second kappa shape index (κ2) is 4.37. The van der Waals surface area contributed by atoms with E-state index in [1.165, 1.54) is 19.3 Å². The lowest BCUT2D eigenvalue weighted by molar-refractivity contribution is -0.126. The van der Waals surface area contributed by atoms with Crippen molar-refractivity contribution in [1.29, 1.82) is 0 Å². The van der Waals surface area contributed by atoms with Crippen LogP contribution in [0.3, 0.4) is 0 Å². The Morgan fingerprint density at radius 2 is 2.45 bits per heavy atom. The van der Waals surface area contributed by atoms with Crippen molar-refractivity contribution in [1.82, 2.24) is 5.32 Å². The minimum Gasteiger partial charge on any atom is -0.356 e. The first-order valence-corrected chi connectivity index (χ1v) is 4.62. The number of amides is 1. The smallest absolute Gasteiger partial charge is 0.223 e. The van der Waals surface area contributed by atoms with Crippen LogP contribution in [0, 0.1) is 5.92 Å². The molecule has 1 aliphatic heterocycles. The van der Waals surface area contributed by atoms with E-state index >= 15 is 0 Å². The van der Waals surface area contributed by atoms with E-state index in [9.17, 15) is 4.79 Å². The summed E-state index contributed by atoms with van der Waals surface area (Å²) in [5, 5.41) is 2.90. The summed E-state index contributed by atoms with van der Waals surface area (Å²) in [6, 6.07) is 0. The molecule has 0 aromatic heterocycles. The molecule has 2 nitrogen and oxygen atoms in total. The summed E-state index contributed by atoms with van der Waals surface area (Å²) < 4.78 is 0. The zero-order chi connectivity index (χ0) is 8.10. The van der Waals surface area contributed by atoms with Crippen LogP contribution in [-0.4, -0.2) is 12.5 Å². The lowest BCUT2D eigenvalue weighted by Crippen LogP contribution is -2.36. The van der Waals surface area contributed by atoms with Gasteiger partial charge in [0.1, 0.15) is 0 Å². The average molecular weight is 155 g/mol. The number of hydrogen-bond acceptors (Lipinski definition) is 1. The average Bonchev–Trinajstić information content (AvgIpc) is 2.03. The van der Waals surface area contributed by atoms with Crippen LogP contribution in [0.15, 0.2) is 0 Å². The highest BCUT2D eigenvalue weighted by molar-refractivity contribution is 5.79. The van der Waals surface area contributed by atoms with E-state index in [0.29, 0.717) is 5.92 Å². The highest BCUT2D eigenvalue weighted by Gasteiger charge is 2.20. The van der Waals surface area contributed by atoms with Gasteiger partial charge in [0, 0.05) is 12.5 Å². The van der Waals surface area contributed by atoms with Crippen molar-refractivity contribution < 1.29 is 4.79 Å². The Bertz CT molecular complexity index is 134. The molecule has 1 atom stereocenters. The number of hydrogen-bond donors (Lipinski definition) is 1. The topological polar surface area (TPSA) is 29.1 Å². The van der Waals surface area contributed by atoms with Gasteiger partial charge < -0.3 is 5.32 Å². The highest BCUT2D eigenvalue weighted by atomic mass is 16.1. The first kappa shape index (κ1) is 8.57. The van der Waals surface area contributed by atoms with Gasteiger partial charge in [0.15, 0.2) is 0 Å². The summed E-state index contributed by atoms with van der Waals surface area (Å²) in [4.78, 5) is 11.2. The van der Waals surface area contributed by atoms with Gasteiger partial charge in [0.05, 0.1) is 0 Å². The molecule has 1 saturated heterocycles. The molecule has 0 bridgehead atoms. The lowest BCUT2D eigenvalue weighted by Gasteiger charge is -2.21. The summed E-state index contributed by atoms with van der Waals surface area (Å²) in [5.74, 6) is 0.605. The molecule has 0 aliphatic carbocycles. The van der Waals surface area contributed by atoms with Gasteiger partial charge in [-0.2, -0.15) is 0 Å². The van der Waals surface area contributed by atoms with E-state index < -0.39 is 0 Å². The molecular formula is C9H17NO. The molecule has 1 fully saturated rings. The van der Waals surface area contributed by atoms with E-state index in [0.717, 1.165) is 19.4 Å². The Morgan fingerprint density at radius 3 is 3.09 bits per heavy atom. The van der Waals surface area contributed by atoms with Gasteiger partial charge in [0.2, 0.25) is 5.91 Å². The summed E-state index contributed by atoms with van der Waals surface area (Å²) in [6.45, 7) is 3.06. The van der Waals surface area contributed by atoms with Crippen molar-refractivity contribution >= 4 is 5.91 Å². The molecule has 64 valence electrons. The van der Waals surface area contributed by atoms with Gasteiger partial charge in [-0.1, -0.05) is 19.8 Å². The molecule has 1 aliphatic rings. The number of unbranched alkanes of at least 4 members (excludes halogenated alkanes) is 1. The molecule has 0 radical (unpaired) electrons. The van der Waals surface area contributed by atoms with Gasteiger partial charge in [-0.05, 0) is 19.3 Å². The Kier molecular flexibility index (Phi) is 3.40. The maximum absolute atomic E-state index is 11.2. The summed E-state index contributed by atoms with van der Waals surface area (Å²) in [5.41, 5.74) is 0. The van der Waals surface area contributed by atoms with Gasteiger partial charge >= 0.3 is 0 Å². The Morgan fingerprint density at radius 1 is 1.64 bits per heavy atom. The third-order valence-electron chi connectivity index (χ3n) is 2.31. The second-order valence-corrected chi connectivity index (χ2v) is 3.27. The fraction of sp³-hybridized carbons (Fsp3) is 0.889. The molecule has 0 aromatic carbocycles. The van der Waals surface area contributed by atoms with Crippen LogP contribution in [-0.2, 0) is 4.79 Å². The molecule has 1 amide bonds. The van der Waals surface area contributed by atoms with Crippen molar-refractivity contribution in [3.8, 4) is 0 Å². The molecule has 1 rings (SSSR count). The van der Waals surface area contributed by atoms with E-state index in [4.69, 9.17) is 0 Å². The highest BCUT2D eigenvalue weighted by Crippen LogP contribution is 2.17. The van der Waals surface area contributed by atoms with Crippen LogP contribution in [0.1, 0.15) is 39.0 Å². The standard InChI is InChI=1S/C9H17NO/c1-2-3-5-8-6-4-7-10-9(8)11/h8H,2-7H2,1H3,(H,10,11). The van der Waals surface area contributed by atoms with Crippen LogP contribution >= 0.6 is 0 Å². The first-order valence-electron chi connectivity index (χ1n) is 4.62. The molecule has 0 spiro atoms. The van der Waals surface area contributed by atoms with Gasteiger partial charge in [-0.25, -0.2) is 0 Å². The zero-order valence-electron chi connectivity index (χ0n) is 7.23. The van der Waals surface area contributed by atoms with Crippen LogP contribution in [0.5, 0.6) is 0 Å². The van der Waals surface area contributed by atoms with E-state index in [1.54, 1.807) is 0 Å². The predicted molar refractivity (Wildman–Crippen MR) is 45.3 cm³/mol. The Balaban J connectivity index is 2.24. The number of carbonyl (C=O) groups is 1. The fourth-order valence-corrected chi connectivity index (χ4v) is 1.56. The summed E-state index contributed by atoms with van der Waals surface area (Å²) in [7, 11) is 0. The molecular weight excluding hydrogens is 138 g/mol. The van der Waals surface area contributed by atoms with Crippen molar-refractivity contribution in [2.24, 2.45) is 5.92 Å². The number of rotatable bonds is 3. The van der Waals surface area contributed by atoms with Crippen LogP contribution < -0.4 is 5.32 Å². The minimum atomic E-state index is 0.282. The Hall–Kier alpha value is -0.530. The molecule has 0 saturated carbocycles. The van der Waals surface area contributed by atoms with E-state index in [2.05, 4.69) is 12.2 Å². The van der Waals surface area contributed by atoms with Crippen LogP contribution in [0.4, 0.5) is 0 Å². The minimum absolute atomic E-state index is 0.282. The van der Waals surface area contributed by atoms with Crippen molar-refractivity contribution in [3.05, 3.63) is 0 Å². The molecule has 0 aromatic rings. The van der Waals surface area contributed by atoms with E-state index in [1.807, 2.05) is 0 Å². The van der Waals surface area contributed by atoms with Gasteiger partial charge in [-0.3, -0.25) is 4.79 Å². The molecule has 1 N–H and O–H groups in total. The molecule has 11 heavy (non-hydrogen) atoms. The zero-order valence-corrected chi connectivity index (χ0v) is 7.23. The third kappa shape index (κ3) is 2.52. The predicted octanol–water partition coefficient (Wildman–Crippen LogP) is 1.70. The SMILES string of the molecule is CCCCC1CCCNC1=O. The van der Waals surface area contributed by atoms with Crippen molar-refractivity contribution in [2.45, 2.75) is 39.0 Å². The van der Waals surface area contributed by atoms with Crippen LogP contribution in [0.2, 0.25) is 0 Å². The number of carbonyl (C=O) groups excluding carboxylic acids is 1. The fourth-order valence-electron chi connectivity index (χ4n) is 1.56. The number of nitrogens with one attached hydrogen (secondary N) is 1. The summed E-state index contributed by atoms with van der Waals surface area (Å²) in [6.07, 6.45) is 5.75. The van der Waals surface area contributed by atoms with Crippen LogP contribution in [0.25, 0.3) is 0 Å². The summed E-state index contributed by atoms with van der Waals surface area (Å²) >= 11 is 0.